The van der Waals surface area contributed by atoms with Gasteiger partial charge >= 0.3 is 7.82 Å². The zero-order chi connectivity index (χ0) is 64.1. The number of nitrogens with two attached hydrogens (primary N) is 1. The number of aliphatic hydroxyl groups is 4. The topological polar surface area (TPSA) is 332 Å². The quantitative estimate of drug-likeness (QED) is 0.0271. The first-order valence-electron chi connectivity index (χ1n) is 29.0. The maximum atomic E-state index is 13.0. The molecule has 3 aliphatic heterocycles. The number of carbonyl (C=O) groups is 2. The van der Waals surface area contributed by atoms with Crippen molar-refractivity contribution in [1.82, 2.24) is 15.2 Å². The number of ether oxygens (including phenoxy) is 9. The Morgan fingerprint density at radius 1 is 0.929 bits per heavy atom. The van der Waals surface area contributed by atoms with Gasteiger partial charge in [-0.15, -0.1) is 0 Å². The van der Waals surface area contributed by atoms with Crippen molar-refractivity contribution in [1.29, 1.82) is 0 Å². The minimum absolute atomic E-state index is 0.00700. The lowest BCUT2D eigenvalue weighted by Gasteiger charge is -2.52. The zero-order valence-electron chi connectivity index (χ0n) is 53.0. The summed E-state index contributed by atoms with van der Waals surface area (Å²) in [6.45, 7) is 20.1. The molecule has 0 radical (unpaired) electrons. The molecular formula is C60H101N4O20P. The van der Waals surface area contributed by atoms with Gasteiger partial charge in [0, 0.05) is 89.6 Å². The smallest absolute Gasteiger partial charge is 0.448 e. The first-order valence-corrected chi connectivity index (χ1v) is 30.6. The fourth-order valence-corrected chi connectivity index (χ4v) is 12.4. The molecule has 2 amide bonds. The number of likely N-dealkylation sites (N-methyl/N-ethyl adjacent to an activating group) is 1. The summed E-state index contributed by atoms with van der Waals surface area (Å²) in [4.78, 5) is 51.7. The predicted molar refractivity (Wildman–Crippen MR) is 316 cm³/mol. The number of phosphoric ester groups is 1. The van der Waals surface area contributed by atoms with Gasteiger partial charge in [-0.2, -0.15) is 0 Å². The molecule has 4 rings (SSSR count). The Morgan fingerprint density at radius 3 is 2.15 bits per heavy atom. The van der Waals surface area contributed by atoms with E-state index in [-0.39, 0.29) is 31.8 Å². The van der Waals surface area contributed by atoms with Gasteiger partial charge in [-0.25, -0.2) is 9.55 Å². The summed E-state index contributed by atoms with van der Waals surface area (Å²) in [6, 6.07) is -1.06. The number of hydrogen-bond acceptors (Lipinski definition) is 20. The third kappa shape index (κ3) is 19.4. The minimum atomic E-state index is -5.26. The number of phosphoric acid groups is 1. The van der Waals surface area contributed by atoms with E-state index in [9.17, 15) is 44.4 Å². The molecule has 1 aromatic heterocycles. The van der Waals surface area contributed by atoms with Crippen molar-refractivity contribution < 1.29 is 95.9 Å². The highest BCUT2D eigenvalue weighted by Gasteiger charge is 2.68. The number of nitrogens with zero attached hydrogens (tertiary/aromatic N) is 2. The van der Waals surface area contributed by atoms with E-state index in [1.54, 1.807) is 86.1 Å². The highest BCUT2D eigenvalue weighted by molar-refractivity contribution is 7.46. The second kappa shape index (κ2) is 32.8. The summed E-state index contributed by atoms with van der Waals surface area (Å²) in [5, 5.41) is 47.9. The summed E-state index contributed by atoms with van der Waals surface area (Å²) >= 11 is 0. The third-order valence-electron chi connectivity index (χ3n) is 17.1. The van der Waals surface area contributed by atoms with Crippen LogP contribution in [0.5, 0.6) is 0 Å². The summed E-state index contributed by atoms with van der Waals surface area (Å²) in [6.07, 6.45) is 0.312. The molecule has 0 bridgehead atoms. The lowest BCUT2D eigenvalue weighted by molar-refractivity contribution is -0.366. The van der Waals surface area contributed by atoms with E-state index in [1.165, 1.54) is 33.7 Å². The van der Waals surface area contributed by atoms with Crippen molar-refractivity contribution in [3.8, 4) is 0 Å². The van der Waals surface area contributed by atoms with Crippen LogP contribution in [0.1, 0.15) is 119 Å². The number of oxazole rings is 1. The lowest BCUT2D eigenvalue weighted by atomic mass is 9.72. The summed E-state index contributed by atoms with van der Waals surface area (Å²) < 4.78 is 81.1. The van der Waals surface area contributed by atoms with E-state index in [4.69, 9.17) is 62.3 Å². The van der Waals surface area contributed by atoms with Gasteiger partial charge in [0.2, 0.25) is 5.91 Å². The number of carbonyl (C=O) groups excluding carboxylic acids is 2. The molecule has 21 atom stereocenters. The van der Waals surface area contributed by atoms with Crippen molar-refractivity contribution in [2.24, 2.45) is 28.9 Å². The van der Waals surface area contributed by atoms with Crippen molar-refractivity contribution in [2.75, 3.05) is 56.3 Å². The molecule has 1 aromatic rings. The second-order valence-corrected chi connectivity index (χ2v) is 25.3. The highest BCUT2D eigenvalue weighted by atomic mass is 31.2. The summed E-state index contributed by atoms with van der Waals surface area (Å²) in [5.74, 6) is -4.45. The largest absolute Gasteiger partial charge is 0.469 e. The second-order valence-electron chi connectivity index (χ2n) is 24.1. The van der Waals surface area contributed by atoms with Crippen LogP contribution in [0.2, 0.25) is 0 Å². The van der Waals surface area contributed by atoms with E-state index < -0.39 is 146 Å². The van der Waals surface area contributed by atoms with Crippen LogP contribution in [0.25, 0.3) is 6.08 Å². The third-order valence-corrected chi connectivity index (χ3v) is 17.6. The Balaban J connectivity index is 1.65. The van der Waals surface area contributed by atoms with Crippen molar-refractivity contribution in [3.05, 3.63) is 71.0 Å². The van der Waals surface area contributed by atoms with E-state index in [2.05, 4.69) is 5.32 Å². The molecule has 4 heterocycles. The fraction of sp³-hybridized carbons (Fsp3) is 0.750. The van der Waals surface area contributed by atoms with Crippen LogP contribution >= 0.6 is 7.82 Å². The standard InChI is InChI=1S/C60H101N4O20P/c1-32(25-47(61)66)21-19-22-33(2)34(3)26-35(4)48(67)38(7)43(65)28-45(75-15)52-55(84-85(71,72)73)59(10,11)60(83-52)29-46(81-58-54(78-18)53(77-17)51(76-16)40(9)80-58)39(8)44(82-60)24-20-23-41-30-79-57(63-41)36(5)27-37(6)62-56(70)50(69)49(68)42(31-74-14)64(12)13/h19-23,25-26,30,35-40,42-46,48-55,58,65,67-69H,24,27-29,31H2,1-18H3,(H2,61,66)(H,62,70)(H2,71,72,73)/b21-19+,23-20+,32-25-,33-22+,34-26+/t35-,36+,37-,38+,39-,40+,42+,43+,44-,45+,46+,48-,49+,50+,51+,52-,53-,54-,55+,58+,60+/m1/s1. The molecule has 24 nitrogen and oxygen atoms in total. The van der Waals surface area contributed by atoms with Gasteiger partial charge in [0.25, 0.3) is 5.91 Å². The predicted octanol–water partition coefficient (Wildman–Crippen LogP) is 4.85. The van der Waals surface area contributed by atoms with E-state index in [1.807, 2.05) is 59.8 Å². The van der Waals surface area contributed by atoms with E-state index in [0.29, 0.717) is 23.6 Å². The molecule has 0 aliphatic carbocycles. The minimum Gasteiger partial charge on any atom is -0.448 e. The average molecular weight is 1230 g/mol. The molecular weight excluding hydrogens is 1130 g/mol. The lowest BCUT2D eigenvalue weighted by Crippen LogP contribution is -2.62. The van der Waals surface area contributed by atoms with E-state index >= 15 is 0 Å². The first kappa shape index (κ1) is 73.9. The summed E-state index contributed by atoms with van der Waals surface area (Å²) in [7, 11) is 5.66. The number of nitrogens with one attached hydrogen (secondary N) is 1. The van der Waals surface area contributed by atoms with Crippen LogP contribution in [-0.4, -0.2) is 212 Å². The molecule has 3 fully saturated rings. The monoisotopic (exact) mass is 1230 g/mol. The van der Waals surface area contributed by atoms with Gasteiger partial charge in [0.15, 0.2) is 24.1 Å². The Labute approximate surface area is 502 Å². The zero-order valence-corrected chi connectivity index (χ0v) is 53.9. The van der Waals surface area contributed by atoms with Crippen LogP contribution in [0.15, 0.2) is 63.9 Å². The van der Waals surface area contributed by atoms with Crippen molar-refractivity contribution in [2.45, 2.75) is 211 Å². The molecule has 0 saturated carbocycles. The first-order chi connectivity index (χ1) is 39.7. The van der Waals surface area contributed by atoms with Gasteiger partial charge in [0.05, 0.1) is 49.3 Å². The summed E-state index contributed by atoms with van der Waals surface area (Å²) in [5.41, 5.74) is 6.83. The van der Waals surface area contributed by atoms with Crippen molar-refractivity contribution >= 4 is 25.7 Å². The normalized spacial score (nSPS) is 30.8. The highest BCUT2D eigenvalue weighted by Crippen LogP contribution is 2.59. The van der Waals surface area contributed by atoms with Gasteiger partial charge in [0.1, 0.15) is 48.6 Å². The van der Waals surface area contributed by atoms with Crippen molar-refractivity contribution in [3.63, 3.8) is 0 Å². The number of methoxy groups -OCH3 is 5. The van der Waals surface area contributed by atoms with Crippen LogP contribution in [0.4, 0.5) is 0 Å². The Kier molecular flexibility index (Phi) is 28.5. The molecule has 0 aromatic carbocycles. The molecule has 486 valence electrons. The molecule has 0 unspecified atom stereocenters. The van der Waals surface area contributed by atoms with Gasteiger partial charge in [-0.3, -0.25) is 14.1 Å². The molecule has 1 spiro atoms. The number of rotatable bonds is 32. The van der Waals surface area contributed by atoms with Crippen LogP contribution in [-0.2, 0) is 61.3 Å². The van der Waals surface area contributed by atoms with Gasteiger partial charge in [-0.05, 0) is 78.8 Å². The van der Waals surface area contributed by atoms with Gasteiger partial charge in [-0.1, -0.05) is 77.5 Å². The molecule has 25 heteroatoms. The Hall–Kier alpha value is -3.60. The number of aromatic nitrogens is 1. The number of primary amides is 1. The Bertz CT molecular complexity index is 2480. The molecule has 9 N–H and O–H groups in total. The van der Waals surface area contributed by atoms with Crippen LogP contribution < -0.4 is 11.1 Å². The number of aliphatic hydroxyl groups excluding tert-OH is 4. The van der Waals surface area contributed by atoms with Crippen LogP contribution in [0, 0.1) is 23.2 Å². The maximum absolute atomic E-state index is 13.0. The fourth-order valence-electron chi connectivity index (χ4n) is 11.7. The number of allylic oxidation sites excluding steroid dienone is 6. The average Bonchev–Trinajstić information content (AvgIpc) is 1.76. The molecule has 3 saturated heterocycles. The number of hydrogen-bond donors (Lipinski definition) is 8. The van der Waals surface area contributed by atoms with Crippen LogP contribution in [0.3, 0.4) is 0 Å². The van der Waals surface area contributed by atoms with E-state index in [0.717, 1.165) is 11.1 Å². The SMILES string of the molecule is COC[C@@H]([C@H](O)[C@H](O)C(=O)N[C@H](C)C[C@H](C)c1nc(/C=C/C[C@H]2O[C@@]3(C[C@H](O[C@@H]4O[C@@H](C)[C@H](OC)[C@@H](OC)[C@H]4OC)[C@@H]2C)O[C@H]([C@H](C[C@H](O)[C@H](C)[C@H](O)[C@H](C)/C=C(C)/C(C)=C/C=C/C(C)=C\C(N)=O)OC)[C@H](OP(=O)(O)O)C3(C)C)co1)N(C)C. The number of amides is 2. The van der Waals surface area contributed by atoms with Gasteiger partial charge < -0.3 is 93.2 Å². The maximum Gasteiger partial charge on any atom is 0.469 e. The molecule has 85 heavy (non-hydrogen) atoms. The molecule has 3 aliphatic rings. The Morgan fingerprint density at radius 2 is 1.58 bits per heavy atom.